The average Bonchev–Trinajstić information content (AvgIpc) is 2.56. The van der Waals surface area contributed by atoms with E-state index < -0.39 is 0 Å². The highest BCUT2D eigenvalue weighted by molar-refractivity contribution is 6.31. The number of rotatable bonds is 4. The highest BCUT2D eigenvalue weighted by Crippen LogP contribution is 2.20. The molecular formula is C19H22ClN3O2. The van der Waals surface area contributed by atoms with Crippen LogP contribution in [0.5, 0.6) is 5.88 Å². The van der Waals surface area contributed by atoms with Crippen LogP contribution in [0.25, 0.3) is 0 Å². The van der Waals surface area contributed by atoms with Gasteiger partial charge in [0.25, 0.3) is 0 Å². The van der Waals surface area contributed by atoms with E-state index in [1.807, 2.05) is 49.1 Å². The molecule has 0 N–H and O–H groups in total. The van der Waals surface area contributed by atoms with Gasteiger partial charge in [0.05, 0.1) is 6.42 Å². The van der Waals surface area contributed by atoms with Crippen molar-refractivity contribution in [3.63, 3.8) is 0 Å². The van der Waals surface area contributed by atoms with E-state index in [0.29, 0.717) is 36.2 Å². The fourth-order valence-corrected chi connectivity index (χ4v) is 3.26. The summed E-state index contributed by atoms with van der Waals surface area (Å²) >= 11 is 6.14. The average molecular weight is 360 g/mol. The number of aryl methyl sites for hydroxylation is 2. The predicted octanol–water partition coefficient (Wildman–Crippen LogP) is 3.36. The van der Waals surface area contributed by atoms with Crippen LogP contribution in [0.4, 0.5) is 0 Å². The maximum Gasteiger partial charge on any atom is 0.227 e. The lowest BCUT2D eigenvalue weighted by atomic mass is 10.1. The molecule has 2 aromatic rings. The van der Waals surface area contributed by atoms with Crippen LogP contribution in [0.1, 0.15) is 29.9 Å². The first kappa shape index (κ1) is 17.7. The van der Waals surface area contributed by atoms with E-state index in [0.717, 1.165) is 24.1 Å². The summed E-state index contributed by atoms with van der Waals surface area (Å²) in [4.78, 5) is 22.9. The molecule has 2 heterocycles. The zero-order valence-electron chi connectivity index (χ0n) is 14.5. The fourth-order valence-electron chi connectivity index (χ4n) is 3.05. The molecule has 132 valence electrons. The largest absolute Gasteiger partial charge is 0.474 e. The van der Waals surface area contributed by atoms with Crippen molar-refractivity contribution in [2.24, 2.45) is 0 Å². The molecule has 0 radical (unpaired) electrons. The monoisotopic (exact) mass is 359 g/mol. The number of aromatic nitrogens is 2. The lowest BCUT2D eigenvalue weighted by Crippen LogP contribution is -2.42. The van der Waals surface area contributed by atoms with Gasteiger partial charge in [0, 0.05) is 42.7 Å². The maximum absolute atomic E-state index is 12.5. The van der Waals surface area contributed by atoms with Crippen LogP contribution in [0.2, 0.25) is 5.02 Å². The van der Waals surface area contributed by atoms with Crippen LogP contribution in [0, 0.1) is 13.8 Å². The number of amides is 1. The molecule has 1 amide bonds. The summed E-state index contributed by atoms with van der Waals surface area (Å²) in [5.41, 5.74) is 1.77. The quantitative estimate of drug-likeness (QED) is 0.840. The zero-order valence-corrected chi connectivity index (χ0v) is 15.3. The molecule has 0 saturated carbocycles. The lowest BCUT2D eigenvalue weighted by Gasteiger charge is -2.32. The van der Waals surface area contributed by atoms with E-state index in [1.54, 1.807) is 0 Å². The Morgan fingerprint density at radius 2 is 1.96 bits per heavy atom. The molecule has 0 atom stereocenters. The van der Waals surface area contributed by atoms with Gasteiger partial charge in [0.1, 0.15) is 11.9 Å². The van der Waals surface area contributed by atoms with Gasteiger partial charge < -0.3 is 9.64 Å². The van der Waals surface area contributed by atoms with Crippen molar-refractivity contribution >= 4 is 17.5 Å². The number of likely N-dealkylation sites (tertiary alicyclic amines) is 1. The van der Waals surface area contributed by atoms with E-state index in [9.17, 15) is 4.79 Å². The molecular weight excluding hydrogens is 338 g/mol. The maximum atomic E-state index is 12.5. The normalized spacial score (nSPS) is 15.2. The minimum Gasteiger partial charge on any atom is -0.474 e. The summed E-state index contributed by atoms with van der Waals surface area (Å²) in [7, 11) is 0. The fraction of sp³-hybridized carbons (Fsp3) is 0.421. The number of nitrogens with zero attached hydrogens (tertiary/aromatic N) is 3. The number of carbonyl (C=O) groups excluding carboxylic acids is 1. The van der Waals surface area contributed by atoms with Gasteiger partial charge in [-0.1, -0.05) is 29.8 Å². The molecule has 0 unspecified atom stereocenters. The molecule has 5 nitrogen and oxygen atoms in total. The Bertz CT molecular complexity index is 738. The molecule has 1 aromatic carbocycles. The number of piperidine rings is 1. The van der Waals surface area contributed by atoms with E-state index in [4.69, 9.17) is 16.3 Å². The molecule has 0 spiro atoms. The van der Waals surface area contributed by atoms with Crippen molar-refractivity contribution in [1.82, 2.24) is 14.9 Å². The molecule has 1 aromatic heterocycles. The molecule has 1 saturated heterocycles. The van der Waals surface area contributed by atoms with E-state index >= 15 is 0 Å². The van der Waals surface area contributed by atoms with Crippen LogP contribution in [0.15, 0.2) is 30.3 Å². The third-order valence-electron chi connectivity index (χ3n) is 4.32. The number of hydrogen-bond acceptors (Lipinski definition) is 4. The van der Waals surface area contributed by atoms with Gasteiger partial charge in [0.15, 0.2) is 0 Å². The summed E-state index contributed by atoms with van der Waals surface area (Å²) in [6.45, 7) is 5.17. The van der Waals surface area contributed by atoms with Gasteiger partial charge in [-0.25, -0.2) is 4.98 Å². The Kier molecular flexibility index (Phi) is 5.53. The van der Waals surface area contributed by atoms with Crippen molar-refractivity contribution in [2.75, 3.05) is 13.1 Å². The van der Waals surface area contributed by atoms with Crippen LogP contribution in [0.3, 0.4) is 0 Å². The lowest BCUT2D eigenvalue weighted by molar-refractivity contribution is -0.132. The first-order valence-corrected chi connectivity index (χ1v) is 8.89. The van der Waals surface area contributed by atoms with E-state index in [2.05, 4.69) is 9.97 Å². The van der Waals surface area contributed by atoms with Gasteiger partial charge in [-0.2, -0.15) is 4.98 Å². The number of hydrogen-bond donors (Lipinski definition) is 0. The number of benzene rings is 1. The summed E-state index contributed by atoms with van der Waals surface area (Å²) in [6, 6.07) is 9.34. The van der Waals surface area contributed by atoms with Gasteiger partial charge in [0.2, 0.25) is 11.8 Å². The zero-order chi connectivity index (χ0) is 17.8. The van der Waals surface area contributed by atoms with Crippen molar-refractivity contribution in [2.45, 2.75) is 39.2 Å². The Labute approximate surface area is 153 Å². The van der Waals surface area contributed by atoms with Crippen molar-refractivity contribution < 1.29 is 9.53 Å². The van der Waals surface area contributed by atoms with Crippen molar-refractivity contribution in [1.29, 1.82) is 0 Å². The van der Waals surface area contributed by atoms with Crippen LogP contribution in [-0.4, -0.2) is 40.0 Å². The number of halogens is 1. The van der Waals surface area contributed by atoms with E-state index in [1.165, 1.54) is 0 Å². The predicted molar refractivity (Wildman–Crippen MR) is 96.9 cm³/mol. The summed E-state index contributed by atoms with van der Waals surface area (Å²) < 4.78 is 5.97. The highest BCUT2D eigenvalue weighted by atomic mass is 35.5. The summed E-state index contributed by atoms with van der Waals surface area (Å²) in [5, 5.41) is 0.642. The second kappa shape index (κ2) is 7.83. The van der Waals surface area contributed by atoms with Crippen molar-refractivity contribution in [3.05, 3.63) is 52.4 Å². The smallest absolute Gasteiger partial charge is 0.227 e. The number of ether oxygens (including phenoxy) is 1. The molecule has 0 bridgehead atoms. The van der Waals surface area contributed by atoms with Gasteiger partial charge >= 0.3 is 0 Å². The van der Waals surface area contributed by atoms with Crippen molar-refractivity contribution in [3.8, 4) is 5.88 Å². The minimum absolute atomic E-state index is 0.0815. The highest BCUT2D eigenvalue weighted by Gasteiger charge is 2.24. The second-order valence-electron chi connectivity index (χ2n) is 6.36. The standard InChI is InChI=1S/C19H22ClN3O2/c1-13-11-18(22-14(2)21-13)25-16-7-9-23(10-8-16)19(24)12-15-5-3-4-6-17(15)20/h3-6,11,16H,7-10,12H2,1-2H3. The molecule has 3 rings (SSSR count). The Morgan fingerprint density at radius 1 is 1.24 bits per heavy atom. The molecule has 0 aliphatic carbocycles. The van der Waals surface area contributed by atoms with Crippen LogP contribution in [-0.2, 0) is 11.2 Å². The molecule has 6 heteroatoms. The first-order chi connectivity index (χ1) is 12.0. The van der Waals surface area contributed by atoms with Gasteiger partial charge in [-0.3, -0.25) is 4.79 Å². The minimum atomic E-state index is 0.0815. The SMILES string of the molecule is Cc1cc(OC2CCN(C(=O)Cc3ccccc3Cl)CC2)nc(C)n1. The Morgan fingerprint density at radius 3 is 2.64 bits per heavy atom. The topological polar surface area (TPSA) is 55.3 Å². The molecule has 1 aliphatic rings. The van der Waals surface area contributed by atoms with Crippen LogP contribution < -0.4 is 4.74 Å². The summed E-state index contributed by atoms with van der Waals surface area (Å²) in [6.07, 6.45) is 2.03. The second-order valence-corrected chi connectivity index (χ2v) is 6.77. The molecule has 25 heavy (non-hydrogen) atoms. The third-order valence-corrected chi connectivity index (χ3v) is 4.69. The Balaban J connectivity index is 1.53. The first-order valence-electron chi connectivity index (χ1n) is 8.51. The molecule has 1 aliphatic heterocycles. The number of carbonyl (C=O) groups is 1. The van der Waals surface area contributed by atoms with Gasteiger partial charge in [-0.15, -0.1) is 0 Å². The Hall–Kier alpha value is -2.14. The van der Waals surface area contributed by atoms with E-state index in [-0.39, 0.29) is 12.0 Å². The third kappa shape index (κ3) is 4.69. The summed E-state index contributed by atoms with van der Waals surface area (Å²) in [5.74, 6) is 1.44. The molecule has 1 fully saturated rings. The van der Waals surface area contributed by atoms with Gasteiger partial charge in [-0.05, 0) is 25.5 Å². The van der Waals surface area contributed by atoms with Crippen LogP contribution >= 0.6 is 11.6 Å².